The highest BCUT2D eigenvalue weighted by molar-refractivity contribution is 9.13. The Hall–Kier alpha value is 0.0300. The molecule has 1 aromatic carbocycles. The summed E-state index contributed by atoms with van der Waals surface area (Å²) in [5, 5.41) is 9.91. The molecule has 0 radical (unpaired) electrons. The topological polar surface area (TPSA) is 55.5 Å². The Balaban J connectivity index is 0.00000180. The molecule has 1 atom stereocenters. The molecule has 0 aromatic heterocycles. The molecule has 0 aliphatic heterocycles. The monoisotopic (exact) mass is 413 g/mol. The van der Waals surface area contributed by atoms with Gasteiger partial charge < -0.3 is 15.6 Å². The van der Waals surface area contributed by atoms with Gasteiger partial charge in [0.1, 0.15) is 0 Å². The zero-order valence-corrected chi connectivity index (χ0v) is 14.6. The smallest absolute Gasteiger partial charge is 0.173 e. The molecule has 108 valence electrons. The van der Waals surface area contributed by atoms with Gasteiger partial charge >= 0.3 is 0 Å². The average molecular weight is 416 g/mol. The average Bonchev–Trinajstić information content (AvgIpc) is 2.89. The second-order valence-electron chi connectivity index (χ2n) is 4.71. The molecule has 3 nitrogen and oxygen atoms in total. The number of halogens is 3. The SMILES string of the molecule is COc1cc([C@H](N)C2CCCC2)c(Br)c(Br)c1O.Cl. The van der Waals surface area contributed by atoms with Crippen LogP contribution in [0, 0.1) is 5.92 Å². The summed E-state index contributed by atoms with van der Waals surface area (Å²) in [5.41, 5.74) is 7.34. The van der Waals surface area contributed by atoms with Gasteiger partial charge in [0.05, 0.1) is 11.6 Å². The summed E-state index contributed by atoms with van der Waals surface area (Å²) >= 11 is 6.87. The predicted molar refractivity (Wildman–Crippen MR) is 86.2 cm³/mol. The lowest BCUT2D eigenvalue weighted by Gasteiger charge is -2.22. The van der Waals surface area contributed by atoms with E-state index in [1.54, 1.807) is 7.11 Å². The van der Waals surface area contributed by atoms with Crippen LogP contribution in [-0.2, 0) is 0 Å². The summed E-state index contributed by atoms with van der Waals surface area (Å²) in [6.07, 6.45) is 4.86. The standard InChI is InChI=1S/C13H17Br2NO2.ClH/c1-18-9-6-8(10(14)11(15)13(9)17)12(16)7-4-2-3-5-7;/h6-7,12,17H,2-5,16H2,1H3;1H/t12-;/m1./s1. The maximum absolute atomic E-state index is 9.91. The van der Waals surface area contributed by atoms with Crippen molar-refractivity contribution in [2.24, 2.45) is 11.7 Å². The quantitative estimate of drug-likeness (QED) is 0.762. The third-order valence-electron chi connectivity index (χ3n) is 3.66. The summed E-state index contributed by atoms with van der Waals surface area (Å²) in [5.74, 6) is 1.07. The third-order valence-corrected chi connectivity index (χ3v) is 5.82. The number of phenols is 1. The van der Waals surface area contributed by atoms with E-state index in [2.05, 4.69) is 31.9 Å². The summed E-state index contributed by atoms with van der Waals surface area (Å²) in [4.78, 5) is 0. The molecule has 1 fully saturated rings. The second kappa shape index (κ2) is 7.16. The van der Waals surface area contributed by atoms with Crippen LogP contribution in [0.25, 0.3) is 0 Å². The molecule has 6 heteroatoms. The normalized spacial score (nSPS) is 17.1. The molecule has 1 aliphatic carbocycles. The van der Waals surface area contributed by atoms with Crippen molar-refractivity contribution in [3.63, 3.8) is 0 Å². The largest absolute Gasteiger partial charge is 0.503 e. The number of methoxy groups -OCH3 is 1. The molecule has 1 saturated carbocycles. The summed E-state index contributed by atoms with van der Waals surface area (Å²) in [6.45, 7) is 0. The Morgan fingerprint density at radius 2 is 1.89 bits per heavy atom. The van der Waals surface area contributed by atoms with Gasteiger partial charge in [-0.1, -0.05) is 12.8 Å². The van der Waals surface area contributed by atoms with Crippen molar-refractivity contribution in [3.05, 3.63) is 20.6 Å². The first-order valence-corrected chi connectivity index (χ1v) is 7.65. The third kappa shape index (κ3) is 3.38. The van der Waals surface area contributed by atoms with Crippen LogP contribution in [0.1, 0.15) is 37.3 Å². The molecule has 0 saturated heterocycles. The lowest BCUT2D eigenvalue weighted by molar-refractivity contribution is 0.368. The van der Waals surface area contributed by atoms with Gasteiger partial charge in [-0.2, -0.15) is 0 Å². The van der Waals surface area contributed by atoms with Crippen LogP contribution < -0.4 is 10.5 Å². The van der Waals surface area contributed by atoms with Crippen LogP contribution in [0.2, 0.25) is 0 Å². The lowest BCUT2D eigenvalue weighted by atomic mass is 9.92. The van der Waals surface area contributed by atoms with E-state index in [0.29, 0.717) is 16.1 Å². The summed E-state index contributed by atoms with van der Waals surface area (Å²) in [6, 6.07) is 1.81. The number of benzene rings is 1. The second-order valence-corrected chi connectivity index (χ2v) is 6.30. The fourth-order valence-corrected chi connectivity index (χ4v) is 3.57. The molecule has 3 N–H and O–H groups in total. The van der Waals surface area contributed by atoms with Crippen LogP contribution in [-0.4, -0.2) is 12.2 Å². The van der Waals surface area contributed by atoms with Crippen LogP contribution >= 0.6 is 44.3 Å². The van der Waals surface area contributed by atoms with E-state index in [9.17, 15) is 5.11 Å². The molecular weight excluding hydrogens is 397 g/mol. The number of hydrogen-bond donors (Lipinski definition) is 2. The van der Waals surface area contributed by atoms with Crippen molar-refractivity contribution in [2.45, 2.75) is 31.7 Å². The minimum Gasteiger partial charge on any atom is -0.503 e. The van der Waals surface area contributed by atoms with Gasteiger partial charge in [-0.05, 0) is 62.2 Å². The number of rotatable bonds is 3. The van der Waals surface area contributed by atoms with E-state index >= 15 is 0 Å². The first-order valence-electron chi connectivity index (χ1n) is 6.06. The molecule has 0 bridgehead atoms. The van der Waals surface area contributed by atoms with Crippen molar-refractivity contribution in [1.29, 1.82) is 0 Å². The molecule has 0 heterocycles. The Morgan fingerprint density at radius 1 is 1.32 bits per heavy atom. The van der Waals surface area contributed by atoms with E-state index in [4.69, 9.17) is 10.5 Å². The first-order chi connectivity index (χ1) is 8.56. The fraction of sp³-hybridized carbons (Fsp3) is 0.538. The van der Waals surface area contributed by atoms with Crippen molar-refractivity contribution in [3.8, 4) is 11.5 Å². The number of nitrogens with two attached hydrogens (primary N) is 1. The Labute approximate surface area is 136 Å². The Kier molecular flexibility index (Phi) is 6.43. The van der Waals surface area contributed by atoms with Crippen LogP contribution in [0.5, 0.6) is 11.5 Å². The van der Waals surface area contributed by atoms with E-state index in [1.807, 2.05) is 6.07 Å². The molecule has 1 aliphatic rings. The molecule has 0 amide bonds. The van der Waals surface area contributed by atoms with Gasteiger partial charge in [0, 0.05) is 10.5 Å². The Morgan fingerprint density at radius 3 is 2.42 bits per heavy atom. The lowest BCUT2D eigenvalue weighted by Crippen LogP contribution is -2.19. The minimum absolute atomic E-state index is 0. The molecule has 0 unspecified atom stereocenters. The molecule has 19 heavy (non-hydrogen) atoms. The summed E-state index contributed by atoms with van der Waals surface area (Å²) in [7, 11) is 1.54. The van der Waals surface area contributed by atoms with Gasteiger partial charge in [-0.25, -0.2) is 0 Å². The van der Waals surface area contributed by atoms with E-state index in [1.165, 1.54) is 25.7 Å². The maximum Gasteiger partial charge on any atom is 0.173 e. The van der Waals surface area contributed by atoms with Gasteiger partial charge in [-0.3, -0.25) is 0 Å². The van der Waals surface area contributed by atoms with E-state index in [-0.39, 0.29) is 24.2 Å². The van der Waals surface area contributed by atoms with Gasteiger partial charge in [0.15, 0.2) is 11.5 Å². The van der Waals surface area contributed by atoms with Crippen LogP contribution in [0.3, 0.4) is 0 Å². The number of aromatic hydroxyl groups is 1. The van der Waals surface area contributed by atoms with Crippen molar-refractivity contribution in [1.82, 2.24) is 0 Å². The minimum atomic E-state index is -0.0207. The molecular formula is C13H18Br2ClNO2. The van der Waals surface area contributed by atoms with E-state index < -0.39 is 0 Å². The first kappa shape index (κ1) is 17.1. The fourth-order valence-electron chi connectivity index (χ4n) is 2.58. The van der Waals surface area contributed by atoms with E-state index in [0.717, 1.165) is 10.0 Å². The van der Waals surface area contributed by atoms with Gasteiger partial charge in [0.25, 0.3) is 0 Å². The molecule has 0 spiro atoms. The zero-order valence-electron chi connectivity index (χ0n) is 10.7. The maximum atomic E-state index is 9.91. The van der Waals surface area contributed by atoms with Crippen molar-refractivity contribution >= 4 is 44.3 Å². The molecule has 2 rings (SSSR count). The number of ether oxygens (including phenoxy) is 1. The van der Waals surface area contributed by atoms with Gasteiger partial charge in [-0.15, -0.1) is 12.4 Å². The number of hydrogen-bond acceptors (Lipinski definition) is 3. The highest BCUT2D eigenvalue weighted by atomic mass is 79.9. The molecule has 1 aromatic rings. The van der Waals surface area contributed by atoms with Crippen LogP contribution in [0.4, 0.5) is 0 Å². The zero-order chi connectivity index (χ0) is 13.3. The highest BCUT2D eigenvalue weighted by Crippen LogP contribution is 2.46. The van der Waals surface area contributed by atoms with Crippen LogP contribution in [0.15, 0.2) is 15.0 Å². The predicted octanol–water partition coefficient (Wildman–Crippen LogP) is 4.54. The number of phenolic OH excluding ortho intramolecular Hbond substituents is 1. The summed E-state index contributed by atoms with van der Waals surface area (Å²) < 4.78 is 6.60. The van der Waals surface area contributed by atoms with Crippen molar-refractivity contribution in [2.75, 3.05) is 7.11 Å². The highest BCUT2D eigenvalue weighted by Gasteiger charge is 2.27. The Bertz CT molecular complexity index is 451. The van der Waals surface area contributed by atoms with Gasteiger partial charge in [0.2, 0.25) is 0 Å². The van der Waals surface area contributed by atoms with Crippen molar-refractivity contribution < 1.29 is 9.84 Å².